The van der Waals surface area contributed by atoms with E-state index >= 15 is 0 Å². The van der Waals surface area contributed by atoms with Gasteiger partial charge in [-0.05, 0) is 13.0 Å². The van der Waals surface area contributed by atoms with Gasteiger partial charge in [-0.3, -0.25) is 0 Å². The highest BCUT2D eigenvalue weighted by atomic mass is 16.4. The molecule has 0 aromatic heterocycles. The van der Waals surface area contributed by atoms with Crippen molar-refractivity contribution in [2.45, 2.75) is 13.2 Å². The summed E-state index contributed by atoms with van der Waals surface area (Å²) in [5.74, 6) is -1.20. The Hall–Kier alpha value is -1.80. The Morgan fingerprint density at radius 2 is 2.29 bits per heavy atom. The van der Waals surface area contributed by atoms with Gasteiger partial charge in [-0.25, -0.2) is 4.79 Å². The van der Waals surface area contributed by atoms with E-state index < -0.39 is 12.2 Å². The van der Waals surface area contributed by atoms with Crippen molar-refractivity contribution in [3.8, 4) is 6.07 Å². The van der Waals surface area contributed by atoms with Crippen LogP contribution in [-0.2, 0) is 4.79 Å². The summed E-state index contributed by atoms with van der Waals surface area (Å²) in [7, 11) is 1.59. The van der Waals surface area contributed by atoms with E-state index in [4.69, 9.17) is 10.4 Å². The average molecular weight is 194 g/mol. The van der Waals surface area contributed by atoms with Gasteiger partial charge >= 0.3 is 5.97 Å². The Balaban J connectivity index is 3.29. The van der Waals surface area contributed by atoms with Crippen LogP contribution in [0.25, 0.3) is 0 Å². The fourth-order valence-corrected chi connectivity index (χ4v) is 1.21. The lowest BCUT2D eigenvalue weighted by Gasteiger charge is -2.29. The van der Waals surface area contributed by atoms with Crippen molar-refractivity contribution in [2.75, 3.05) is 7.05 Å². The van der Waals surface area contributed by atoms with E-state index in [1.807, 2.05) is 0 Å². The maximum absolute atomic E-state index is 10.7. The standard InChI is InChI=1S/C9H10N2O3/c1-5-3-6(9(13)14)7(4-10)8(12)11(5)2/h3,8,12H,1-2H3,(H,13,14). The topological polar surface area (TPSA) is 84.6 Å². The first-order valence-corrected chi connectivity index (χ1v) is 3.95. The number of aliphatic hydroxyl groups is 1. The minimum absolute atomic E-state index is 0.134. The van der Waals surface area contributed by atoms with E-state index in [0.717, 1.165) is 0 Å². The van der Waals surface area contributed by atoms with Gasteiger partial charge in [0.2, 0.25) is 0 Å². The van der Waals surface area contributed by atoms with Gasteiger partial charge in [0, 0.05) is 12.7 Å². The van der Waals surface area contributed by atoms with Crippen molar-refractivity contribution in [1.29, 1.82) is 5.26 Å². The Labute approximate surface area is 81.2 Å². The number of carboxylic acid groups (broad SMARTS) is 1. The molecule has 0 amide bonds. The minimum Gasteiger partial charge on any atom is -0.478 e. The second kappa shape index (κ2) is 3.52. The summed E-state index contributed by atoms with van der Waals surface area (Å²) in [5.41, 5.74) is 0.329. The van der Waals surface area contributed by atoms with Gasteiger partial charge in [0.15, 0.2) is 6.23 Å². The third-order valence-corrected chi connectivity index (χ3v) is 2.18. The molecule has 0 radical (unpaired) electrons. The summed E-state index contributed by atoms with van der Waals surface area (Å²) in [4.78, 5) is 12.2. The number of carboxylic acids is 1. The Bertz CT molecular complexity index is 376. The van der Waals surface area contributed by atoms with E-state index in [0.29, 0.717) is 5.70 Å². The van der Waals surface area contributed by atoms with Crippen LogP contribution in [0.3, 0.4) is 0 Å². The molecule has 5 heteroatoms. The molecule has 0 aromatic carbocycles. The van der Waals surface area contributed by atoms with Crippen molar-refractivity contribution in [3.05, 3.63) is 22.9 Å². The number of rotatable bonds is 1. The van der Waals surface area contributed by atoms with E-state index in [1.54, 1.807) is 20.0 Å². The molecule has 74 valence electrons. The lowest BCUT2D eigenvalue weighted by Crippen LogP contribution is -2.35. The molecule has 1 unspecified atom stereocenters. The van der Waals surface area contributed by atoms with Crippen LogP contribution < -0.4 is 0 Å². The molecule has 0 aliphatic carbocycles. The first-order chi connectivity index (χ1) is 6.49. The number of hydrogen-bond acceptors (Lipinski definition) is 4. The molecule has 1 aliphatic heterocycles. The van der Waals surface area contributed by atoms with Gasteiger partial charge in [0.1, 0.15) is 6.07 Å². The largest absolute Gasteiger partial charge is 0.478 e. The van der Waals surface area contributed by atoms with Gasteiger partial charge in [-0.15, -0.1) is 0 Å². The summed E-state index contributed by atoms with van der Waals surface area (Å²) in [6.45, 7) is 1.67. The van der Waals surface area contributed by atoms with Crippen LogP contribution >= 0.6 is 0 Å². The first kappa shape index (κ1) is 10.3. The molecule has 1 aliphatic rings. The Morgan fingerprint density at radius 3 is 2.71 bits per heavy atom. The van der Waals surface area contributed by atoms with Crippen LogP contribution in [0, 0.1) is 11.3 Å². The molecule has 0 spiro atoms. The van der Waals surface area contributed by atoms with Crippen LogP contribution in [0.5, 0.6) is 0 Å². The maximum atomic E-state index is 10.7. The third-order valence-electron chi connectivity index (χ3n) is 2.18. The number of likely N-dealkylation sites (N-methyl/N-ethyl adjacent to an activating group) is 1. The molecule has 5 nitrogen and oxygen atoms in total. The SMILES string of the molecule is CC1=CC(C(=O)O)=C(C#N)C(O)N1C. The lowest BCUT2D eigenvalue weighted by molar-refractivity contribution is -0.132. The Morgan fingerprint density at radius 1 is 1.71 bits per heavy atom. The fraction of sp³-hybridized carbons (Fsp3) is 0.333. The number of aliphatic hydroxyl groups excluding tert-OH is 1. The quantitative estimate of drug-likeness (QED) is 0.616. The molecule has 0 saturated heterocycles. The molecule has 0 aromatic rings. The second-order valence-corrected chi connectivity index (χ2v) is 3.01. The lowest BCUT2D eigenvalue weighted by atomic mass is 10.0. The molecule has 1 heterocycles. The van der Waals surface area contributed by atoms with E-state index in [-0.39, 0.29) is 11.1 Å². The predicted octanol–water partition coefficient (Wildman–Crippen LogP) is 0.0588. The molecule has 2 N–H and O–H groups in total. The monoisotopic (exact) mass is 194 g/mol. The van der Waals surface area contributed by atoms with Crippen molar-refractivity contribution in [3.63, 3.8) is 0 Å². The number of nitrogens with zero attached hydrogens (tertiary/aromatic N) is 2. The highest BCUT2D eigenvalue weighted by Gasteiger charge is 2.27. The highest BCUT2D eigenvalue weighted by molar-refractivity contribution is 5.92. The van der Waals surface area contributed by atoms with Crippen molar-refractivity contribution in [1.82, 2.24) is 4.90 Å². The highest BCUT2D eigenvalue weighted by Crippen LogP contribution is 2.23. The molecule has 14 heavy (non-hydrogen) atoms. The molecule has 1 atom stereocenters. The van der Waals surface area contributed by atoms with Gasteiger partial charge in [-0.1, -0.05) is 0 Å². The summed E-state index contributed by atoms with van der Waals surface area (Å²) in [6, 6.07) is 1.70. The third kappa shape index (κ3) is 1.47. The number of aliphatic carboxylic acids is 1. The van der Waals surface area contributed by atoms with Gasteiger partial charge in [-0.2, -0.15) is 5.26 Å². The first-order valence-electron chi connectivity index (χ1n) is 3.95. The predicted molar refractivity (Wildman–Crippen MR) is 47.8 cm³/mol. The van der Waals surface area contributed by atoms with Gasteiger partial charge in [0.05, 0.1) is 11.1 Å². The summed E-state index contributed by atoms with van der Waals surface area (Å²) in [5, 5.41) is 27.0. The van der Waals surface area contributed by atoms with Crippen molar-refractivity contribution in [2.24, 2.45) is 0 Å². The smallest absolute Gasteiger partial charge is 0.336 e. The van der Waals surface area contributed by atoms with Crippen LogP contribution in [0.15, 0.2) is 22.9 Å². The summed E-state index contributed by atoms with van der Waals surface area (Å²) < 4.78 is 0. The number of nitriles is 1. The number of carbonyl (C=O) groups is 1. The normalized spacial score (nSPS) is 21.7. The zero-order chi connectivity index (χ0) is 10.9. The van der Waals surface area contributed by atoms with Crippen LogP contribution in [0.1, 0.15) is 6.92 Å². The summed E-state index contributed by atoms with van der Waals surface area (Å²) in [6.07, 6.45) is 0.198. The molecule has 1 rings (SSSR count). The molecule has 0 saturated carbocycles. The zero-order valence-electron chi connectivity index (χ0n) is 7.85. The average Bonchev–Trinajstić information content (AvgIpc) is 2.13. The van der Waals surface area contributed by atoms with Crippen LogP contribution in [0.2, 0.25) is 0 Å². The second-order valence-electron chi connectivity index (χ2n) is 3.01. The zero-order valence-corrected chi connectivity index (χ0v) is 7.85. The molecular formula is C9H10N2O3. The van der Waals surface area contributed by atoms with Crippen LogP contribution in [-0.4, -0.2) is 34.4 Å². The molecule has 0 bridgehead atoms. The van der Waals surface area contributed by atoms with Gasteiger partial charge < -0.3 is 15.1 Å². The number of allylic oxidation sites excluding steroid dienone is 1. The van der Waals surface area contributed by atoms with Crippen LogP contribution in [0.4, 0.5) is 0 Å². The van der Waals surface area contributed by atoms with E-state index in [9.17, 15) is 9.90 Å². The Kier molecular flexibility index (Phi) is 2.58. The van der Waals surface area contributed by atoms with Crippen molar-refractivity contribution >= 4 is 5.97 Å². The minimum atomic E-state index is -1.20. The van der Waals surface area contributed by atoms with Gasteiger partial charge in [0.25, 0.3) is 0 Å². The van der Waals surface area contributed by atoms with E-state index in [2.05, 4.69) is 0 Å². The van der Waals surface area contributed by atoms with Crippen molar-refractivity contribution < 1.29 is 15.0 Å². The molecular weight excluding hydrogens is 184 g/mol. The summed E-state index contributed by atoms with van der Waals surface area (Å²) >= 11 is 0. The maximum Gasteiger partial charge on any atom is 0.336 e. The number of hydrogen-bond donors (Lipinski definition) is 2. The van der Waals surface area contributed by atoms with E-state index in [1.165, 1.54) is 11.0 Å². The molecule has 0 fully saturated rings. The fourth-order valence-electron chi connectivity index (χ4n) is 1.21.